The molecule has 0 N–H and O–H groups in total. The molecule has 0 bridgehead atoms. The maximum atomic E-state index is 6.07. The van der Waals surface area contributed by atoms with Crippen LogP contribution >= 0.6 is 0 Å². The van der Waals surface area contributed by atoms with Crippen molar-refractivity contribution >= 4 is 57.2 Å². The van der Waals surface area contributed by atoms with Gasteiger partial charge in [-0.3, -0.25) is 0 Å². The van der Waals surface area contributed by atoms with Crippen LogP contribution in [0.25, 0.3) is 56.4 Å². The molecule has 4 unspecified atom stereocenters. The van der Waals surface area contributed by atoms with Gasteiger partial charge in [0.1, 0.15) is 23.7 Å². The summed E-state index contributed by atoms with van der Waals surface area (Å²) in [6, 6.07) is 76.8. The Balaban J connectivity index is 1.01. The summed E-state index contributed by atoms with van der Waals surface area (Å²) >= 11 is 0. The van der Waals surface area contributed by atoms with E-state index in [1.165, 1.54) is 16.4 Å². The Kier molecular flexibility index (Phi) is 10.3. The molecule has 10 heteroatoms. The smallest absolute Gasteiger partial charge is 0.252 e. The van der Waals surface area contributed by atoms with Crippen molar-refractivity contribution in [3.8, 4) is 67.9 Å². The molecule has 73 heavy (non-hydrogen) atoms. The number of hydrogen-bond donors (Lipinski definition) is 0. The van der Waals surface area contributed by atoms with Gasteiger partial charge in [0.25, 0.3) is 6.71 Å². The van der Waals surface area contributed by atoms with Crippen LogP contribution in [0.1, 0.15) is 13.8 Å². The van der Waals surface area contributed by atoms with Crippen LogP contribution in [0.15, 0.2) is 218 Å². The highest BCUT2D eigenvalue weighted by Gasteiger charge is 2.44. The summed E-state index contributed by atoms with van der Waals surface area (Å²) in [4.78, 5) is 20.6. The SMILES string of the molecule is CC1OC1Oc1ccc(-c2ccc3c(c2)N(c2ccccc2)c2cc(-c4nc(-c5ccccc5)nc(-c5ccccc5)n4)cc4c2B3c2ccc(-c3ccc(OC5OC5C)cc3)cc2N4c2ccccc2)cc1. The van der Waals surface area contributed by atoms with E-state index in [1.54, 1.807) is 0 Å². The molecule has 2 saturated heterocycles. The van der Waals surface area contributed by atoms with Crippen LogP contribution in [0.5, 0.6) is 11.5 Å². The van der Waals surface area contributed by atoms with Crippen LogP contribution in [0.3, 0.4) is 0 Å². The molecule has 4 atom stereocenters. The summed E-state index contributed by atoms with van der Waals surface area (Å²) in [6.45, 7) is 3.90. The predicted octanol–water partition coefficient (Wildman–Crippen LogP) is 12.5. The first-order valence-corrected chi connectivity index (χ1v) is 24.9. The van der Waals surface area contributed by atoms with E-state index in [1.807, 2.05) is 74.5 Å². The van der Waals surface area contributed by atoms with Crippen LogP contribution in [-0.2, 0) is 9.47 Å². The van der Waals surface area contributed by atoms with Crippen LogP contribution in [0.4, 0.5) is 34.1 Å². The zero-order chi connectivity index (χ0) is 48.6. The van der Waals surface area contributed by atoms with Crippen LogP contribution in [0, 0.1) is 0 Å². The maximum Gasteiger partial charge on any atom is 0.252 e. The molecule has 0 spiro atoms. The highest BCUT2D eigenvalue weighted by Crippen LogP contribution is 2.47. The van der Waals surface area contributed by atoms with Gasteiger partial charge in [0.2, 0.25) is 12.6 Å². The minimum atomic E-state index is -0.199. The first-order valence-electron chi connectivity index (χ1n) is 24.9. The largest absolute Gasteiger partial charge is 0.462 e. The fourth-order valence-electron chi connectivity index (χ4n) is 10.4. The van der Waals surface area contributed by atoms with Crippen molar-refractivity contribution in [2.45, 2.75) is 38.6 Å². The second-order valence-corrected chi connectivity index (χ2v) is 19.0. The molecule has 0 amide bonds. The summed E-state index contributed by atoms with van der Waals surface area (Å²) in [5.41, 5.74) is 16.9. The number of fused-ring (bicyclic) bond motifs is 4. The molecule has 5 heterocycles. The molecule has 2 fully saturated rings. The van der Waals surface area contributed by atoms with E-state index in [0.717, 1.165) is 84.6 Å². The van der Waals surface area contributed by atoms with Gasteiger partial charge in [0, 0.05) is 50.8 Å². The molecular weight excluding hydrogens is 902 g/mol. The minimum absolute atomic E-state index is 0.102. The van der Waals surface area contributed by atoms with Crippen molar-refractivity contribution in [3.63, 3.8) is 0 Å². The Morgan fingerprint density at radius 3 is 1.10 bits per heavy atom. The zero-order valence-corrected chi connectivity index (χ0v) is 40.0. The lowest BCUT2D eigenvalue weighted by Crippen LogP contribution is -2.61. The van der Waals surface area contributed by atoms with Crippen molar-refractivity contribution in [2.24, 2.45) is 0 Å². The summed E-state index contributed by atoms with van der Waals surface area (Å²) in [7, 11) is 0. The molecule has 4 aliphatic rings. The monoisotopic (exact) mass is 947 g/mol. The number of nitrogens with zero attached hydrogens (tertiary/aromatic N) is 5. The van der Waals surface area contributed by atoms with Crippen molar-refractivity contribution in [3.05, 3.63) is 218 Å². The van der Waals surface area contributed by atoms with Gasteiger partial charge in [-0.25, -0.2) is 15.0 Å². The van der Waals surface area contributed by atoms with E-state index in [4.69, 9.17) is 33.9 Å². The maximum absolute atomic E-state index is 6.07. The third kappa shape index (κ3) is 7.88. The normalized spacial score (nSPS) is 17.8. The van der Waals surface area contributed by atoms with Gasteiger partial charge in [-0.05, 0) is 125 Å². The minimum Gasteiger partial charge on any atom is -0.462 e. The molecular formula is C63H46BN5O4. The number of hydrogen-bond acceptors (Lipinski definition) is 9. The zero-order valence-electron chi connectivity index (χ0n) is 40.0. The Morgan fingerprint density at radius 1 is 0.370 bits per heavy atom. The third-order valence-electron chi connectivity index (χ3n) is 14.2. The lowest BCUT2D eigenvalue weighted by Gasteiger charge is -2.44. The van der Waals surface area contributed by atoms with Gasteiger partial charge in [0.05, 0.1) is 0 Å². The number of anilines is 6. The number of rotatable bonds is 11. The standard InChI is InChI=1S/C63H46BN5O4/c1-39-62(70-39)72-50-29-23-41(24-30-50)45-27-33-52-54(35-45)68(48-19-11-5-12-20-48)56-37-47(61-66-59(43-15-7-3-8-16-43)65-60(67-61)44-17-9-4-10-18-44)38-57-58(56)64(52)53-34-28-46(36-55(53)69(57)49-21-13-6-14-22-49)42-25-31-51(32-26-42)73-63-40(2)71-63/h3-40,62-63H,1-2H3. The highest BCUT2D eigenvalue weighted by molar-refractivity contribution is 7.00. The van der Waals surface area contributed by atoms with Gasteiger partial charge in [-0.2, -0.15) is 0 Å². The number of benzene rings is 9. The molecule has 0 aliphatic carbocycles. The first kappa shape index (κ1) is 43.0. The van der Waals surface area contributed by atoms with Crippen LogP contribution < -0.4 is 35.7 Å². The van der Waals surface area contributed by atoms with E-state index in [-0.39, 0.29) is 31.5 Å². The van der Waals surface area contributed by atoms with Crippen molar-refractivity contribution < 1.29 is 18.9 Å². The number of aromatic nitrogens is 3. The summed E-state index contributed by atoms with van der Waals surface area (Å²) in [5.74, 6) is 3.35. The summed E-state index contributed by atoms with van der Waals surface area (Å²) in [6.07, 6.45) is -0.195. The summed E-state index contributed by atoms with van der Waals surface area (Å²) < 4.78 is 23.3. The quantitative estimate of drug-likeness (QED) is 0.0929. The Hall–Kier alpha value is -8.83. The third-order valence-corrected chi connectivity index (χ3v) is 14.2. The van der Waals surface area contributed by atoms with E-state index in [0.29, 0.717) is 17.5 Å². The molecule has 0 saturated carbocycles. The van der Waals surface area contributed by atoms with Gasteiger partial charge in [-0.1, -0.05) is 146 Å². The molecule has 14 rings (SSSR count). The molecule has 9 aromatic carbocycles. The van der Waals surface area contributed by atoms with Crippen LogP contribution in [-0.4, -0.2) is 46.5 Å². The Morgan fingerprint density at radius 2 is 0.712 bits per heavy atom. The van der Waals surface area contributed by atoms with Crippen LogP contribution in [0.2, 0.25) is 0 Å². The second-order valence-electron chi connectivity index (χ2n) is 19.0. The highest BCUT2D eigenvalue weighted by atomic mass is 16.8. The van der Waals surface area contributed by atoms with E-state index >= 15 is 0 Å². The molecule has 4 aliphatic heterocycles. The average Bonchev–Trinajstić information content (AvgIpc) is 4.36. The lowest BCUT2D eigenvalue weighted by molar-refractivity contribution is 0.178. The number of para-hydroxylation sites is 2. The van der Waals surface area contributed by atoms with Crippen molar-refractivity contribution in [1.82, 2.24) is 15.0 Å². The predicted molar refractivity (Wildman–Crippen MR) is 291 cm³/mol. The molecule has 10 aromatic rings. The second kappa shape index (κ2) is 17.5. The van der Waals surface area contributed by atoms with Gasteiger partial charge in [0.15, 0.2) is 17.5 Å². The van der Waals surface area contributed by atoms with Gasteiger partial charge < -0.3 is 28.7 Å². The Labute approximate surface area is 424 Å². The number of ether oxygens (including phenoxy) is 4. The fourth-order valence-corrected chi connectivity index (χ4v) is 10.4. The van der Waals surface area contributed by atoms with Gasteiger partial charge in [-0.15, -0.1) is 0 Å². The topological polar surface area (TPSA) is 88.7 Å². The van der Waals surface area contributed by atoms with E-state index in [2.05, 4.69) is 168 Å². The van der Waals surface area contributed by atoms with Crippen molar-refractivity contribution in [2.75, 3.05) is 9.80 Å². The molecule has 350 valence electrons. The number of epoxide rings is 2. The van der Waals surface area contributed by atoms with Gasteiger partial charge >= 0.3 is 0 Å². The summed E-state index contributed by atoms with van der Waals surface area (Å²) in [5, 5.41) is 0. The Bertz CT molecular complexity index is 3460. The molecule has 9 nitrogen and oxygen atoms in total. The molecule has 1 aromatic heterocycles. The molecule has 0 radical (unpaired) electrons. The fraction of sp³-hybridized carbons (Fsp3) is 0.0952. The first-order chi connectivity index (χ1) is 36.0. The van der Waals surface area contributed by atoms with E-state index < -0.39 is 0 Å². The van der Waals surface area contributed by atoms with Crippen molar-refractivity contribution in [1.29, 1.82) is 0 Å². The average molecular weight is 948 g/mol. The van der Waals surface area contributed by atoms with E-state index in [9.17, 15) is 0 Å². The lowest BCUT2D eigenvalue weighted by atomic mass is 9.33.